The quantitative estimate of drug-likeness (QED) is 0.359. The monoisotopic (exact) mass is 569 g/mol. The molecule has 10 heteroatoms. The number of benzene rings is 3. The van der Waals surface area contributed by atoms with Crippen molar-refractivity contribution in [3.8, 4) is 5.75 Å². The fraction of sp³-hybridized carbons (Fsp3) is 0.185. The average molecular weight is 570 g/mol. The number of nitrogens with one attached hydrogen (secondary N) is 1. The zero-order valence-electron chi connectivity index (χ0n) is 20.2. The van der Waals surface area contributed by atoms with Crippen molar-refractivity contribution >= 4 is 45.4 Å². The molecule has 0 aromatic heterocycles. The second kappa shape index (κ2) is 12.2. The number of carbonyl (C=O) groups is 4. The molecule has 0 saturated carbocycles. The number of carboxylic acids is 1. The van der Waals surface area contributed by atoms with Crippen LogP contribution in [0.25, 0.3) is 0 Å². The highest BCUT2D eigenvalue weighted by Crippen LogP contribution is 2.28. The number of rotatable bonds is 9. The van der Waals surface area contributed by atoms with Crippen LogP contribution in [0.3, 0.4) is 0 Å². The molecule has 3 aromatic carbocycles. The van der Waals surface area contributed by atoms with Gasteiger partial charge in [-0.15, -0.1) is 0 Å². The number of methoxy groups -OCH3 is 1. The first kappa shape index (κ1) is 27.4. The SMILES string of the molecule is COc1ccc(Br)cc1NC(=O)[C@H](OC(=O)c1cccc(C)c1)[C@@H](OC(=O)c1cccc(C)c1)C(=O)O. The zero-order valence-corrected chi connectivity index (χ0v) is 21.8. The van der Waals surface area contributed by atoms with E-state index in [0.29, 0.717) is 4.47 Å². The van der Waals surface area contributed by atoms with Crippen LogP contribution in [0, 0.1) is 13.8 Å². The summed E-state index contributed by atoms with van der Waals surface area (Å²) in [5.41, 5.74) is 1.82. The minimum Gasteiger partial charge on any atom is -0.495 e. The molecule has 0 saturated heterocycles. The van der Waals surface area contributed by atoms with Crippen LogP contribution < -0.4 is 10.1 Å². The van der Waals surface area contributed by atoms with Gasteiger partial charge in [0.2, 0.25) is 12.2 Å². The molecule has 0 unspecified atom stereocenters. The number of halogens is 1. The third-order valence-electron chi connectivity index (χ3n) is 5.17. The van der Waals surface area contributed by atoms with Gasteiger partial charge in [0, 0.05) is 4.47 Å². The summed E-state index contributed by atoms with van der Waals surface area (Å²) in [5.74, 6) is -4.42. The average Bonchev–Trinajstić information content (AvgIpc) is 2.85. The molecule has 0 aliphatic rings. The molecule has 0 spiro atoms. The minimum absolute atomic E-state index is 0.0732. The Bertz CT molecular complexity index is 1340. The molecule has 2 atom stereocenters. The normalized spacial score (nSPS) is 12.1. The van der Waals surface area contributed by atoms with Crippen molar-refractivity contribution in [3.63, 3.8) is 0 Å². The molecule has 2 N–H and O–H groups in total. The molecule has 192 valence electrons. The highest BCUT2D eigenvalue weighted by atomic mass is 79.9. The van der Waals surface area contributed by atoms with Gasteiger partial charge in [0.1, 0.15) is 5.75 Å². The lowest BCUT2D eigenvalue weighted by Crippen LogP contribution is -2.48. The Morgan fingerprint density at radius 3 is 1.84 bits per heavy atom. The fourth-order valence-electron chi connectivity index (χ4n) is 3.39. The first-order chi connectivity index (χ1) is 17.6. The zero-order chi connectivity index (χ0) is 27.1. The Morgan fingerprint density at radius 1 is 0.811 bits per heavy atom. The molecular weight excluding hydrogens is 546 g/mol. The second-order valence-electron chi connectivity index (χ2n) is 8.06. The first-order valence-electron chi connectivity index (χ1n) is 11.0. The maximum atomic E-state index is 13.3. The standard InChI is InChI=1S/C27H24BrNO8/c1-15-6-4-8-17(12-15)26(33)36-22(24(30)29-20-14-19(28)10-11-21(20)35-3)23(25(31)32)37-27(34)18-9-5-7-16(2)13-18/h4-14,22-23H,1-3H3,(H,29,30)(H,31,32)/t22-,23-/m1/s1. The van der Waals surface area contributed by atoms with Crippen LogP contribution in [0.2, 0.25) is 0 Å². The summed E-state index contributed by atoms with van der Waals surface area (Å²) in [6.45, 7) is 3.50. The summed E-state index contributed by atoms with van der Waals surface area (Å²) in [6.07, 6.45) is -4.19. The van der Waals surface area contributed by atoms with Gasteiger partial charge >= 0.3 is 17.9 Å². The molecule has 0 aliphatic heterocycles. The predicted molar refractivity (Wildman–Crippen MR) is 138 cm³/mol. The number of aliphatic carboxylic acids is 1. The molecule has 3 aromatic rings. The third-order valence-corrected chi connectivity index (χ3v) is 5.66. The fourth-order valence-corrected chi connectivity index (χ4v) is 3.75. The molecule has 1 amide bonds. The molecule has 3 rings (SSSR count). The maximum Gasteiger partial charge on any atom is 0.349 e. The Morgan fingerprint density at radius 2 is 1.35 bits per heavy atom. The van der Waals surface area contributed by atoms with Crippen LogP contribution in [0.4, 0.5) is 5.69 Å². The van der Waals surface area contributed by atoms with E-state index in [9.17, 15) is 24.3 Å². The summed E-state index contributed by atoms with van der Waals surface area (Å²) >= 11 is 3.29. The lowest BCUT2D eigenvalue weighted by Gasteiger charge is -2.24. The number of esters is 2. The van der Waals surface area contributed by atoms with Crippen molar-refractivity contribution < 1.29 is 38.5 Å². The molecule has 0 aliphatic carbocycles. The first-order valence-corrected chi connectivity index (χ1v) is 11.8. The van der Waals surface area contributed by atoms with Crippen molar-refractivity contribution in [2.75, 3.05) is 12.4 Å². The van der Waals surface area contributed by atoms with E-state index in [1.165, 1.54) is 37.4 Å². The lowest BCUT2D eigenvalue weighted by molar-refractivity contribution is -0.157. The molecule has 9 nitrogen and oxygen atoms in total. The van der Waals surface area contributed by atoms with E-state index in [2.05, 4.69) is 21.2 Å². The van der Waals surface area contributed by atoms with E-state index in [-0.39, 0.29) is 22.6 Å². The van der Waals surface area contributed by atoms with Gasteiger partial charge in [-0.3, -0.25) is 4.79 Å². The van der Waals surface area contributed by atoms with E-state index in [0.717, 1.165) is 11.1 Å². The number of hydrogen-bond acceptors (Lipinski definition) is 7. The largest absolute Gasteiger partial charge is 0.495 e. The Labute approximate surface area is 221 Å². The van der Waals surface area contributed by atoms with Crippen molar-refractivity contribution in [3.05, 3.63) is 93.5 Å². The van der Waals surface area contributed by atoms with Gasteiger partial charge in [0.05, 0.1) is 23.9 Å². The third kappa shape index (κ3) is 7.17. The number of ether oxygens (including phenoxy) is 3. The van der Waals surface area contributed by atoms with Crippen LogP contribution in [0.5, 0.6) is 5.75 Å². The number of amides is 1. The Balaban J connectivity index is 1.97. The Kier molecular flexibility index (Phi) is 9.02. The van der Waals surface area contributed by atoms with E-state index >= 15 is 0 Å². The number of carboxylic acid groups (broad SMARTS) is 1. The number of anilines is 1. The number of aryl methyl sites for hydroxylation is 2. The van der Waals surface area contributed by atoms with Crippen molar-refractivity contribution in [2.45, 2.75) is 26.1 Å². The number of carbonyl (C=O) groups excluding carboxylic acids is 3. The van der Waals surface area contributed by atoms with Crippen LogP contribution in [0.1, 0.15) is 31.8 Å². The molecular formula is C27H24BrNO8. The summed E-state index contributed by atoms with van der Waals surface area (Å²) in [7, 11) is 1.39. The molecule has 0 radical (unpaired) electrons. The van der Waals surface area contributed by atoms with Gasteiger partial charge in [0.15, 0.2) is 0 Å². The van der Waals surface area contributed by atoms with Crippen molar-refractivity contribution in [1.82, 2.24) is 0 Å². The highest BCUT2D eigenvalue weighted by molar-refractivity contribution is 9.10. The van der Waals surface area contributed by atoms with Gasteiger partial charge in [-0.25, -0.2) is 14.4 Å². The summed E-state index contributed by atoms with van der Waals surface area (Å²) in [5, 5.41) is 12.4. The second-order valence-corrected chi connectivity index (χ2v) is 8.98. The summed E-state index contributed by atoms with van der Waals surface area (Å²) in [4.78, 5) is 51.2. The van der Waals surface area contributed by atoms with Crippen LogP contribution in [-0.4, -0.2) is 48.2 Å². The van der Waals surface area contributed by atoms with Gasteiger partial charge in [0.25, 0.3) is 5.91 Å². The Hall–Kier alpha value is -4.18. The minimum atomic E-state index is -2.15. The molecule has 0 heterocycles. The van der Waals surface area contributed by atoms with Gasteiger partial charge in [-0.2, -0.15) is 0 Å². The predicted octanol–water partition coefficient (Wildman–Crippen LogP) is 4.55. The lowest BCUT2D eigenvalue weighted by atomic mass is 10.1. The van der Waals surface area contributed by atoms with Gasteiger partial charge in [-0.1, -0.05) is 51.3 Å². The van der Waals surface area contributed by atoms with E-state index < -0.39 is 36.0 Å². The van der Waals surface area contributed by atoms with E-state index in [1.54, 1.807) is 50.2 Å². The van der Waals surface area contributed by atoms with Crippen molar-refractivity contribution in [1.29, 1.82) is 0 Å². The van der Waals surface area contributed by atoms with E-state index in [4.69, 9.17) is 14.2 Å². The number of hydrogen-bond donors (Lipinski definition) is 2. The highest BCUT2D eigenvalue weighted by Gasteiger charge is 2.41. The van der Waals surface area contributed by atoms with Gasteiger partial charge < -0.3 is 24.6 Å². The van der Waals surface area contributed by atoms with E-state index in [1.807, 2.05) is 0 Å². The topological polar surface area (TPSA) is 128 Å². The molecule has 37 heavy (non-hydrogen) atoms. The smallest absolute Gasteiger partial charge is 0.349 e. The van der Waals surface area contributed by atoms with Gasteiger partial charge in [-0.05, 0) is 56.3 Å². The maximum absolute atomic E-state index is 13.3. The summed E-state index contributed by atoms with van der Waals surface area (Å²) in [6, 6.07) is 17.4. The summed E-state index contributed by atoms with van der Waals surface area (Å²) < 4.78 is 16.4. The molecule has 0 fully saturated rings. The van der Waals surface area contributed by atoms with Crippen molar-refractivity contribution in [2.24, 2.45) is 0 Å². The van der Waals surface area contributed by atoms with Crippen LogP contribution in [-0.2, 0) is 19.1 Å². The molecule has 0 bridgehead atoms. The van der Waals surface area contributed by atoms with Crippen LogP contribution in [0.15, 0.2) is 71.2 Å². The van der Waals surface area contributed by atoms with Crippen LogP contribution >= 0.6 is 15.9 Å².